The predicted molar refractivity (Wildman–Crippen MR) is 73.2 cm³/mol. The molecule has 0 saturated heterocycles. The van der Waals surface area contributed by atoms with Crippen molar-refractivity contribution in [2.45, 2.75) is 38.7 Å². The lowest BCUT2D eigenvalue weighted by Gasteiger charge is -2.19. The van der Waals surface area contributed by atoms with Crippen molar-refractivity contribution in [3.63, 3.8) is 0 Å². The van der Waals surface area contributed by atoms with Gasteiger partial charge in [-0.25, -0.2) is 4.79 Å². The molecule has 0 saturated carbocycles. The third-order valence-electron chi connectivity index (χ3n) is 2.17. The second-order valence-electron chi connectivity index (χ2n) is 5.36. The summed E-state index contributed by atoms with van der Waals surface area (Å²) in [7, 11) is -4.56. The Balaban J connectivity index is 2.61. The smallest absolute Gasteiger partial charge is 0.407 e. The number of benzene rings is 1. The van der Waals surface area contributed by atoms with E-state index < -0.39 is 27.7 Å². The highest BCUT2D eigenvalue weighted by Crippen LogP contribution is 2.11. The maximum Gasteiger partial charge on any atom is 0.407 e. The molecule has 1 aromatic carbocycles. The van der Waals surface area contributed by atoms with Crippen molar-refractivity contribution < 1.29 is 21.8 Å². The molecule has 0 spiro atoms. The van der Waals surface area contributed by atoms with Crippen LogP contribution in [-0.4, -0.2) is 20.1 Å². The minimum Gasteiger partial charge on any atom is -0.444 e. The summed E-state index contributed by atoms with van der Waals surface area (Å²) in [4.78, 5) is 11.5. The molecule has 0 unspecified atom stereocenters. The van der Waals surface area contributed by atoms with Crippen LogP contribution in [0.4, 0.5) is 8.68 Å². The molecule has 0 atom stereocenters. The third-order valence-corrected chi connectivity index (χ3v) is 2.84. The van der Waals surface area contributed by atoms with Crippen LogP contribution in [-0.2, 0) is 27.3 Å². The molecule has 0 radical (unpaired) electrons. The second-order valence-corrected chi connectivity index (χ2v) is 6.72. The standard InChI is InChI=1S/C13H18FNO4S/c1-13(2,3)19-12(16)15-8-10-5-4-6-11(7-10)9-20(14,17)18/h4-7H,8-9H2,1-3H3,(H,15,16). The Kier molecular flexibility index (Phi) is 5.10. The Bertz CT molecular complexity index is 578. The largest absolute Gasteiger partial charge is 0.444 e. The number of amides is 1. The van der Waals surface area contributed by atoms with Gasteiger partial charge in [0.2, 0.25) is 0 Å². The lowest BCUT2D eigenvalue weighted by Crippen LogP contribution is -2.32. The van der Waals surface area contributed by atoms with Gasteiger partial charge in [0, 0.05) is 6.54 Å². The van der Waals surface area contributed by atoms with Crippen molar-refractivity contribution in [3.05, 3.63) is 35.4 Å². The number of carbonyl (C=O) groups is 1. The Morgan fingerprint density at radius 1 is 1.30 bits per heavy atom. The minimum absolute atomic E-state index is 0.176. The molecule has 1 amide bonds. The topological polar surface area (TPSA) is 72.5 Å². The predicted octanol–water partition coefficient (Wildman–Crippen LogP) is 2.51. The molecule has 0 fully saturated rings. The highest BCUT2D eigenvalue weighted by Gasteiger charge is 2.15. The van der Waals surface area contributed by atoms with E-state index in [1.54, 1.807) is 32.9 Å². The van der Waals surface area contributed by atoms with Crippen LogP contribution in [0.3, 0.4) is 0 Å². The Morgan fingerprint density at radius 2 is 1.90 bits per heavy atom. The zero-order valence-electron chi connectivity index (χ0n) is 11.6. The van der Waals surface area contributed by atoms with E-state index in [2.05, 4.69) is 5.32 Å². The lowest BCUT2D eigenvalue weighted by atomic mass is 10.1. The maximum absolute atomic E-state index is 12.6. The van der Waals surface area contributed by atoms with Crippen molar-refractivity contribution in [1.29, 1.82) is 0 Å². The molecule has 1 N–H and O–H groups in total. The number of carbonyl (C=O) groups excluding carboxylic acids is 1. The van der Waals surface area contributed by atoms with Crippen LogP contribution in [0.1, 0.15) is 31.9 Å². The first kappa shape index (κ1) is 16.4. The molecule has 1 aromatic rings. The molecule has 0 heterocycles. The van der Waals surface area contributed by atoms with Gasteiger partial charge in [0.05, 0.1) is 0 Å². The first-order valence-electron chi connectivity index (χ1n) is 6.02. The third kappa shape index (κ3) is 7.08. The summed E-state index contributed by atoms with van der Waals surface area (Å²) in [5.74, 6) is -0.673. The SMILES string of the molecule is CC(C)(C)OC(=O)NCc1cccc(CS(=O)(=O)F)c1. The van der Waals surface area contributed by atoms with Gasteiger partial charge in [-0.2, -0.15) is 8.42 Å². The van der Waals surface area contributed by atoms with Gasteiger partial charge in [-0.3, -0.25) is 0 Å². The molecule has 0 aliphatic carbocycles. The molecular weight excluding hydrogens is 285 g/mol. The summed E-state index contributed by atoms with van der Waals surface area (Å²) in [5, 5.41) is 2.54. The van der Waals surface area contributed by atoms with Crippen LogP contribution in [0.5, 0.6) is 0 Å². The van der Waals surface area contributed by atoms with Crippen LogP contribution in [0.2, 0.25) is 0 Å². The minimum atomic E-state index is -4.56. The van der Waals surface area contributed by atoms with Crippen LogP contribution < -0.4 is 5.32 Å². The van der Waals surface area contributed by atoms with Gasteiger partial charge >= 0.3 is 16.3 Å². The van der Waals surface area contributed by atoms with Crippen molar-refractivity contribution in [2.75, 3.05) is 0 Å². The zero-order valence-corrected chi connectivity index (χ0v) is 12.5. The fourth-order valence-corrected chi connectivity index (χ4v) is 2.09. The molecule has 20 heavy (non-hydrogen) atoms. The Morgan fingerprint density at radius 3 is 2.45 bits per heavy atom. The fourth-order valence-electron chi connectivity index (χ4n) is 1.52. The summed E-state index contributed by atoms with van der Waals surface area (Å²) >= 11 is 0. The molecule has 0 bridgehead atoms. The van der Waals surface area contributed by atoms with Gasteiger partial charge in [-0.1, -0.05) is 24.3 Å². The maximum atomic E-state index is 12.6. The van der Waals surface area contributed by atoms with Gasteiger partial charge in [0.1, 0.15) is 11.4 Å². The van der Waals surface area contributed by atoms with E-state index in [0.717, 1.165) is 0 Å². The average Bonchev–Trinajstić information content (AvgIpc) is 2.22. The monoisotopic (exact) mass is 303 g/mol. The van der Waals surface area contributed by atoms with Gasteiger partial charge in [-0.15, -0.1) is 3.89 Å². The quantitative estimate of drug-likeness (QED) is 0.867. The number of alkyl carbamates (subject to hydrolysis) is 1. The summed E-state index contributed by atoms with van der Waals surface area (Å²) in [6.07, 6.45) is -0.569. The number of nitrogens with one attached hydrogen (secondary N) is 1. The van der Waals surface area contributed by atoms with E-state index in [0.29, 0.717) is 11.1 Å². The van der Waals surface area contributed by atoms with Crippen LogP contribution >= 0.6 is 0 Å². The first-order chi connectivity index (χ1) is 9.05. The van der Waals surface area contributed by atoms with Crippen LogP contribution in [0.25, 0.3) is 0 Å². The van der Waals surface area contributed by atoms with Gasteiger partial charge in [0.15, 0.2) is 0 Å². The van der Waals surface area contributed by atoms with E-state index in [1.807, 2.05) is 0 Å². The number of halogens is 1. The van der Waals surface area contributed by atoms with E-state index in [4.69, 9.17) is 4.74 Å². The summed E-state index contributed by atoms with van der Waals surface area (Å²) in [5.41, 5.74) is 0.404. The molecule has 5 nitrogen and oxygen atoms in total. The van der Waals surface area contributed by atoms with Crippen molar-refractivity contribution >= 4 is 16.3 Å². The van der Waals surface area contributed by atoms with Crippen molar-refractivity contribution in [2.24, 2.45) is 0 Å². The highest BCUT2D eigenvalue weighted by molar-refractivity contribution is 7.85. The van der Waals surface area contributed by atoms with Crippen molar-refractivity contribution in [1.82, 2.24) is 5.32 Å². The molecule has 0 aromatic heterocycles. The molecular formula is C13H18FNO4S. The van der Waals surface area contributed by atoms with E-state index in [1.165, 1.54) is 12.1 Å². The second kappa shape index (κ2) is 6.21. The number of rotatable bonds is 4. The van der Waals surface area contributed by atoms with E-state index >= 15 is 0 Å². The van der Waals surface area contributed by atoms with E-state index in [-0.39, 0.29) is 6.54 Å². The number of hydrogen-bond donors (Lipinski definition) is 1. The molecule has 112 valence electrons. The highest BCUT2D eigenvalue weighted by atomic mass is 32.3. The van der Waals surface area contributed by atoms with Crippen molar-refractivity contribution in [3.8, 4) is 0 Å². The zero-order chi connectivity index (χ0) is 15.4. The van der Waals surface area contributed by atoms with Gasteiger partial charge in [0.25, 0.3) is 0 Å². The first-order valence-corrected chi connectivity index (χ1v) is 7.57. The molecule has 7 heteroatoms. The van der Waals surface area contributed by atoms with Crippen LogP contribution in [0.15, 0.2) is 24.3 Å². The summed E-state index contributed by atoms with van der Waals surface area (Å²) < 4.78 is 38.8. The molecule has 0 aliphatic heterocycles. The Hall–Kier alpha value is -1.63. The summed E-state index contributed by atoms with van der Waals surface area (Å²) in [6.45, 7) is 5.42. The van der Waals surface area contributed by atoms with Gasteiger partial charge < -0.3 is 10.1 Å². The number of ether oxygens (including phenoxy) is 1. The average molecular weight is 303 g/mol. The van der Waals surface area contributed by atoms with Crippen LogP contribution in [0, 0.1) is 0 Å². The van der Waals surface area contributed by atoms with Gasteiger partial charge in [-0.05, 0) is 31.9 Å². The Labute approximate surface area is 118 Å². The number of hydrogen-bond acceptors (Lipinski definition) is 4. The fraction of sp³-hybridized carbons (Fsp3) is 0.462. The van der Waals surface area contributed by atoms with E-state index in [9.17, 15) is 17.1 Å². The molecule has 0 aliphatic rings. The molecule has 1 rings (SSSR count). The summed E-state index contributed by atoms with van der Waals surface area (Å²) in [6, 6.07) is 6.33. The lowest BCUT2D eigenvalue weighted by molar-refractivity contribution is 0.0523. The normalized spacial score (nSPS) is 12.0.